The highest BCUT2D eigenvalue weighted by Crippen LogP contribution is 2.27. The molecular weight excluding hydrogens is 272 g/mol. The Morgan fingerprint density at radius 1 is 1.28 bits per heavy atom. The fraction of sp³-hybridized carbons (Fsp3) is 0.167. The molecule has 94 valence electrons. The van der Waals surface area contributed by atoms with Gasteiger partial charge in [-0.05, 0) is 24.1 Å². The van der Waals surface area contributed by atoms with Crippen molar-refractivity contribution in [3.05, 3.63) is 61.3 Å². The topological polar surface area (TPSA) is 69.2 Å². The number of hydrogen-bond donors (Lipinski definition) is 1. The van der Waals surface area contributed by atoms with Crippen molar-refractivity contribution in [2.75, 3.05) is 0 Å². The molecule has 1 aromatic heterocycles. The fourth-order valence-corrected chi connectivity index (χ4v) is 2.70. The molecular formula is C12H11ClN2O2S. The summed E-state index contributed by atoms with van der Waals surface area (Å²) in [6, 6.07) is 10.0. The SMILES string of the molecule is NC(Cc1ccc([N+](=O)[O-])cc1)c1ccc(Cl)s1. The Morgan fingerprint density at radius 3 is 2.44 bits per heavy atom. The molecule has 1 atom stereocenters. The number of rotatable bonds is 4. The van der Waals surface area contributed by atoms with Gasteiger partial charge in [0, 0.05) is 23.1 Å². The molecule has 6 heteroatoms. The molecule has 2 rings (SSSR count). The van der Waals surface area contributed by atoms with Gasteiger partial charge in [0.2, 0.25) is 0 Å². The van der Waals surface area contributed by atoms with Crippen LogP contribution in [0.15, 0.2) is 36.4 Å². The first kappa shape index (κ1) is 13.0. The molecule has 0 amide bonds. The largest absolute Gasteiger partial charge is 0.323 e. The van der Waals surface area contributed by atoms with E-state index in [-0.39, 0.29) is 11.7 Å². The third kappa shape index (κ3) is 3.07. The summed E-state index contributed by atoms with van der Waals surface area (Å²) >= 11 is 7.31. The molecule has 0 aliphatic heterocycles. The highest BCUT2D eigenvalue weighted by atomic mass is 35.5. The van der Waals surface area contributed by atoms with Crippen LogP contribution in [0.4, 0.5) is 5.69 Å². The quantitative estimate of drug-likeness (QED) is 0.689. The smallest absolute Gasteiger partial charge is 0.269 e. The van der Waals surface area contributed by atoms with Gasteiger partial charge in [0.1, 0.15) is 0 Å². The molecule has 0 spiro atoms. The van der Waals surface area contributed by atoms with E-state index in [2.05, 4.69) is 0 Å². The van der Waals surface area contributed by atoms with Gasteiger partial charge in [0.15, 0.2) is 0 Å². The Hall–Kier alpha value is -1.43. The van der Waals surface area contributed by atoms with Crippen molar-refractivity contribution in [1.82, 2.24) is 0 Å². The standard InChI is InChI=1S/C12H11ClN2O2S/c13-12-6-5-11(18-12)10(14)7-8-1-3-9(4-2-8)15(16)17/h1-6,10H,7,14H2. The van der Waals surface area contributed by atoms with E-state index in [1.54, 1.807) is 12.1 Å². The summed E-state index contributed by atoms with van der Waals surface area (Å²) in [6.07, 6.45) is 0.634. The van der Waals surface area contributed by atoms with Gasteiger partial charge < -0.3 is 5.73 Å². The zero-order valence-corrected chi connectivity index (χ0v) is 10.9. The lowest BCUT2D eigenvalue weighted by Crippen LogP contribution is -2.11. The van der Waals surface area contributed by atoms with E-state index in [0.29, 0.717) is 10.8 Å². The van der Waals surface area contributed by atoms with Crippen molar-refractivity contribution >= 4 is 28.6 Å². The van der Waals surface area contributed by atoms with E-state index < -0.39 is 4.92 Å². The van der Waals surface area contributed by atoms with Gasteiger partial charge in [-0.25, -0.2) is 0 Å². The van der Waals surface area contributed by atoms with Crippen LogP contribution >= 0.6 is 22.9 Å². The van der Waals surface area contributed by atoms with Crippen molar-refractivity contribution in [3.8, 4) is 0 Å². The van der Waals surface area contributed by atoms with Crippen LogP contribution in [-0.4, -0.2) is 4.92 Å². The molecule has 1 heterocycles. The van der Waals surface area contributed by atoms with Crippen LogP contribution in [0.5, 0.6) is 0 Å². The van der Waals surface area contributed by atoms with Crippen molar-refractivity contribution in [3.63, 3.8) is 0 Å². The van der Waals surface area contributed by atoms with E-state index in [4.69, 9.17) is 17.3 Å². The minimum absolute atomic E-state index is 0.0893. The van der Waals surface area contributed by atoms with Gasteiger partial charge >= 0.3 is 0 Å². The summed E-state index contributed by atoms with van der Waals surface area (Å²) in [5, 5.41) is 10.5. The first-order chi connectivity index (χ1) is 8.56. The molecule has 1 unspecified atom stereocenters. The van der Waals surface area contributed by atoms with E-state index in [1.807, 2.05) is 12.1 Å². The van der Waals surface area contributed by atoms with Gasteiger partial charge in [-0.2, -0.15) is 0 Å². The van der Waals surface area contributed by atoms with Crippen LogP contribution in [0.3, 0.4) is 0 Å². The van der Waals surface area contributed by atoms with E-state index >= 15 is 0 Å². The van der Waals surface area contributed by atoms with Gasteiger partial charge in [0.05, 0.1) is 9.26 Å². The van der Waals surface area contributed by atoms with Crippen molar-refractivity contribution < 1.29 is 4.92 Å². The summed E-state index contributed by atoms with van der Waals surface area (Å²) < 4.78 is 0.712. The third-order valence-corrected chi connectivity index (χ3v) is 3.93. The second-order valence-corrected chi connectivity index (χ2v) is 5.62. The lowest BCUT2D eigenvalue weighted by atomic mass is 10.1. The zero-order valence-electron chi connectivity index (χ0n) is 9.38. The minimum atomic E-state index is -0.414. The highest BCUT2D eigenvalue weighted by Gasteiger charge is 2.11. The first-order valence-corrected chi connectivity index (χ1v) is 6.50. The molecule has 0 saturated carbocycles. The average molecular weight is 283 g/mol. The Labute approximate surface area is 113 Å². The number of hydrogen-bond acceptors (Lipinski definition) is 4. The minimum Gasteiger partial charge on any atom is -0.323 e. The number of nitro benzene ring substituents is 1. The number of nitro groups is 1. The van der Waals surface area contributed by atoms with Gasteiger partial charge in [-0.15, -0.1) is 11.3 Å². The number of nitrogens with zero attached hydrogens (tertiary/aromatic N) is 1. The molecule has 0 fully saturated rings. The van der Waals surface area contributed by atoms with E-state index in [0.717, 1.165) is 10.4 Å². The maximum absolute atomic E-state index is 10.5. The number of halogens is 1. The summed E-state index contributed by atoms with van der Waals surface area (Å²) in [5.41, 5.74) is 7.12. The molecule has 18 heavy (non-hydrogen) atoms. The Bertz CT molecular complexity index is 553. The molecule has 0 bridgehead atoms. The third-order valence-electron chi connectivity index (χ3n) is 2.56. The lowest BCUT2D eigenvalue weighted by molar-refractivity contribution is -0.384. The number of thiophene rings is 1. The highest BCUT2D eigenvalue weighted by molar-refractivity contribution is 7.16. The number of nitrogens with two attached hydrogens (primary N) is 1. The summed E-state index contributed by atoms with van der Waals surface area (Å²) in [7, 11) is 0. The van der Waals surface area contributed by atoms with Crippen LogP contribution in [0.1, 0.15) is 16.5 Å². The molecule has 0 aliphatic rings. The molecule has 0 saturated heterocycles. The molecule has 2 N–H and O–H groups in total. The Kier molecular flexibility index (Phi) is 3.96. The van der Waals surface area contributed by atoms with Crippen LogP contribution in [0, 0.1) is 10.1 Å². The van der Waals surface area contributed by atoms with Crippen LogP contribution < -0.4 is 5.73 Å². The molecule has 1 aromatic carbocycles. The Balaban J connectivity index is 2.07. The predicted octanol–water partition coefficient (Wildman–Crippen LogP) is 3.55. The maximum atomic E-state index is 10.5. The predicted molar refractivity (Wildman–Crippen MR) is 73.1 cm³/mol. The van der Waals surface area contributed by atoms with Crippen LogP contribution in [0.2, 0.25) is 4.34 Å². The fourth-order valence-electron chi connectivity index (χ4n) is 1.64. The molecule has 0 radical (unpaired) electrons. The van der Waals surface area contributed by atoms with Gasteiger partial charge in [-0.1, -0.05) is 23.7 Å². The van der Waals surface area contributed by atoms with Crippen LogP contribution in [0.25, 0.3) is 0 Å². The zero-order chi connectivity index (χ0) is 13.1. The van der Waals surface area contributed by atoms with Crippen LogP contribution in [-0.2, 0) is 6.42 Å². The molecule has 4 nitrogen and oxygen atoms in total. The maximum Gasteiger partial charge on any atom is 0.269 e. The summed E-state index contributed by atoms with van der Waals surface area (Å²) in [5.74, 6) is 0. The summed E-state index contributed by atoms with van der Waals surface area (Å²) in [6.45, 7) is 0. The second-order valence-electron chi connectivity index (χ2n) is 3.88. The number of benzene rings is 1. The monoisotopic (exact) mass is 282 g/mol. The van der Waals surface area contributed by atoms with Crippen molar-refractivity contribution in [1.29, 1.82) is 0 Å². The average Bonchev–Trinajstić information content (AvgIpc) is 2.76. The molecule has 2 aromatic rings. The first-order valence-electron chi connectivity index (χ1n) is 5.30. The van der Waals surface area contributed by atoms with E-state index in [9.17, 15) is 10.1 Å². The van der Waals surface area contributed by atoms with E-state index in [1.165, 1.54) is 23.5 Å². The number of non-ortho nitro benzene ring substituents is 1. The Morgan fingerprint density at radius 2 is 1.94 bits per heavy atom. The normalized spacial score (nSPS) is 12.3. The summed E-state index contributed by atoms with van der Waals surface area (Å²) in [4.78, 5) is 11.1. The van der Waals surface area contributed by atoms with Gasteiger partial charge in [-0.3, -0.25) is 10.1 Å². The second kappa shape index (κ2) is 5.48. The molecule has 0 aliphatic carbocycles. The lowest BCUT2D eigenvalue weighted by Gasteiger charge is -2.09. The van der Waals surface area contributed by atoms with Crippen molar-refractivity contribution in [2.24, 2.45) is 5.73 Å². The van der Waals surface area contributed by atoms with Gasteiger partial charge in [0.25, 0.3) is 5.69 Å². The van der Waals surface area contributed by atoms with Crippen molar-refractivity contribution in [2.45, 2.75) is 12.5 Å².